The van der Waals surface area contributed by atoms with Gasteiger partial charge in [0.1, 0.15) is 5.84 Å². The second kappa shape index (κ2) is 8.75. The van der Waals surface area contributed by atoms with Gasteiger partial charge in [0.15, 0.2) is 0 Å². The molecule has 0 amide bonds. The van der Waals surface area contributed by atoms with Gasteiger partial charge in [0.2, 0.25) is 0 Å². The molecular weight excluding hydrogens is 342 g/mol. The highest BCUT2D eigenvalue weighted by Gasteiger charge is 2.26. The molecule has 144 valence electrons. The summed E-state index contributed by atoms with van der Waals surface area (Å²) >= 11 is 0. The quantitative estimate of drug-likeness (QED) is 0.245. The van der Waals surface area contributed by atoms with Gasteiger partial charge in [0.25, 0.3) is 0 Å². The minimum atomic E-state index is 0.409. The highest BCUT2D eigenvalue weighted by atomic mass is 15.0. The molecule has 1 aromatic carbocycles. The van der Waals surface area contributed by atoms with Gasteiger partial charge in [-0.15, -0.1) is 0 Å². The van der Waals surface area contributed by atoms with Crippen molar-refractivity contribution < 1.29 is 0 Å². The first-order valence-electron chi connectivity index (χ1n) is 9.82. The lowest BCUT2D eigenvalue weighted by Crippen LogP contribution is -2.23. The monoisotopic (exact) mass is 371 g/mol. The summed E-state index contributed by atoms with van der Waals surface area (Å²) in [7, 11) is 0. The zero-order chi connectivity index (χ0) is 20.1. The number of rotatable bonds is 6. The van der Waals surface area contributed by atoms with Crippen molar-refractivity contribution in [3.8, 4) is 0 Å². The average Bonchev–Trinajstić information content (AvgIpc) is 3.47. The highest BCUT2D eigenvalue weighted by Crippen LogP contribution is 2.33. The largest absolute Gasteiger partial charge is 0.398 e. The molecule has 0 heterocycles. The second-order valence-electron chi connectivity index (χ2n) is 7.39. The van der Waals surface area contributed by atoms with Crippen molar-refractivity contribution >= 4 is 29.2 Å². The predicted octanol–water partition coefficient (Wildman–Crippen LogP) is 6.10. The van der Waals surface area contributed by atoms with Crippen LogP contribution in [0.2, 0.25) is 0 Å². The van der Waals surface area contributed by atoms with Crippen molar-refractivity contribution in [1.82, 2.24) is 5.32 Å². The van der Waals surface area contributed by atoms with Gasteiger partial charge in [-0.2, -0.15) is 0 Å². The number of allylic oxidation sites excluding steroid dienone is 8. The molecular formula is C25H29N3. The Morgan fingerprint density at radius 2 is 1.96 bits per heavy atom. The van der Waals surface area contributed by atoms with Crippen LogP contribution in [0.25, 0.3) is 17.7 Å². The molecule has 2 aliphatic carbocycles. The van der Waals surface area contributed by atoms with Crippen molar-refractivity contribution in [2.24, 2.45) is 5.92 Å². The van der Waals surface area contributed by atoms with Crippen LogP contribution in [0.4, 0.5) is 5.69 Å². The maximum Gasteiger partial charge on any atom is 0.100 e. The van der Waals surface area contributed by atoms with Crippen LogP contribution in [-0.4, -0.2) is 5.84 Å². The maximum atomic E-state index is 8.23. The number of benzene rings is 1. The minimum absolute atomic E-state index is 0.409. The van der Waals surface area contributed by atoms with Crippen LogP contribution in [-0.2, 0) is 0 Å². The van der Waals surface area contributed by atoms with Crippen LogP contribution < -0.4 is 11.1 Å². The fourth-order valence-electron chi connectivity index (χ4n) is 3.45. The van der Waals surface area contributed by atoms with Gasteiger partial charge in [-0.1, -0.05) is 49.6 Å². The van der Waals surface area contributed by atoms with Gasteiger partial charge in [-0.25, -0.2) is 0 Å². The summed E-state index contributed by atoms with van der Waals surface area (Å²) in [5, 5.41) is 11.6. The summed E-state index contributed by atoms with van der Waals surface area (Å²) in [6.45, 7) is 9.72. The van der Waals surface area contributed by atoms with E-state index >= 15 is 0 Å². The Morgan fingerprint density at radius 1 is 1.21 bits per heavy atom. The molecule has 3 nitrogen and oxygen atoms in total. The van der Waals surface area contributed by atoms with E-state index in [4.69, 9.17) is 11.1 Å². The zero-order valence-corrected chi connectivity index (χ0v) is 16.6. The molecule has 4 N–H and O–H groups in total. The van der Waals surface area contributed by atoms with Crippen LogP contribution in [0.3, 0.4) is 0 Å². The van der Waals surface area contributed by atoms with Crippen LogP contribution in [0.15, 0.2) is 66.9 Å². The third kappa shape index (κ3) is 4.61. The molecule has 3 rings (SSSR count). The summed E-state index contributed by atoms with van der Waals surface area (Å²) in [6, 6.07) is 4.19. The number of amidine groups is 1. The van der Waals surface area contributed by atoms with E-state index in [1.807, 2.05) is 18.2 Å². The summed E-state index contributed by atoms with van der Waals surface area (Å²) in [5.74, 6) is 1.05. The molecule has 0 bridgehead atoms. The first-order valence-corrected chi connectivity index (χ1v) is 9.82. The number of anilines is 1. The van der Waals surface area contributed by atoms with Crippen LogP contribution >= 0.6 is 0 Å². The standard InChI is InChI=1S/C25H29N3/c1-4-8-17(3)22(9-5-2)20-14-19-15-21(28-25(27)18-12-13-18)10-6-7-11-23(19)24(26)16-20/h4-5,7-9,11,14-16,18H,1-2,6,10,12-13,26H2,3H3,(H2,27,28)/b11-7-,17-8-,21-15+,22-9+. The van der Waals surface area contributed by atoms with E-state index in [1.165, 1.54) is 0 Å². The van der Waals surface area contributed by atoms with Gasteiger partial charge in [-0.05, 0) is 73.1 Å². The lowest BCUT2D eigenvalue weighted by atomic mass is 9.91. The van der Waals surface area contributed by atoms with Crippen LogP contribution in [0.5, 0.6) is 0 Å². The number of nitrogens with two attached hydrogens (primary N) is 1. The van der Waals surface area contributed by atoms with Crippen LogP contribution in [0, 0.1) is 11.3 Å². The molecule has 0 spiro atoms. The summed E-state index contributed by atoms with van der Waals surface area (Å²) in [6.07, 6.45) is 18.1. The molecule has 0 atom stereocenters. The molecule has 0 unspecified atom stereocenters. The molecule has 1 aromatic rings. The lowest BCUT2D eigenvalue weighted by Gasteiger charge is -2.17. The Hall–Kier alpha value is -3.07. The van der Waals surface area contributed by atoms with Crippen molar-refractivity contribution in [3.05, 3.63) is 83.6 Å². The van der Waals surface area contributed by atoms with Crippen molar-refractivity contribution in [2.75, 3.05) is 5.73 Å². The Labute approximate surface area is 168 Å². The number of fused-ring (bicyclic) bond motifs is 1. The average molecular weight is 372 g/mol. The zero-order valence-electron chi connectivity index (χ0n) is 16.6. The van der Waals surface area contributed by atoms with Gasteiger partial charge >= 0.3 is 0 Å². The van der Waals surface area contributed by atoms with Gasteiger partial charge < -0.3 is 11.1 Å². The summed E-state index contributed by atoms with van der Waals surface area (Å²) in [4.78, 5) is 0. The van der Waals surface area contributed by atoms with E-state index in [1.54, 1.807) is 12.2 Å². The van der Waals surface area contributed by atoms with E-state index in [-0.39, 0.29) is 0 Å². The molecule has 0 saturated heterocycles. The Kier molecular flexibility index (Phi) is 6.15. The third-order valence-corrected chi connectivity index (χ3v) is 5.11. The number of nitrogen functional groups attached to an aromatic ring is 1. The number of hydrogen-bond acceptors (Lipinski definition) is 2. The second-order valence-corrected chi connectivity index (χ2v) is 7.39. The van der Waals surface area contributed by atoms with E-state index < -0.39 is 0 Å². The highest BCUT2D eigenvalue weighted by molar-refractivity contribution is 5.88. The molecule has 28 heavy (non-hydrogen) atoms. The summed E-state index contributed by atoms with van der Waals surface area (Å²) in [5.41, 5.74) is 13.6. The fourth-order valence-corrected chi connectivity index (χ4v) is 3.45. The Balaban J connectivity index is 2.06. The lowest BCUT2D eigenvalue weighted by molar-refractivity contribution is 0.887. The van der Waals surface area contributed by atoms with Gasteiger partial charge in [-0.3, -0.25) is 5.41 Å². The fraction of sp³-hybridized carbons (Fsp3) is 0.240. The summed E-state index contributed by atoms with van der Waals surface area (Å²) < 4.78 is 0. The van der Waals surface area contributed by atoms with Crippen molar-refractivity contribution in [2.45, 2.75) is 32.6 Å². The van der Waals surface area contributed by atoms with Gasteiger partial charge in [0, 0.05) is 22.9 Å². The normalized spacial score (nSPS) is 20.1. The molecule has 1 fully saturated rings. The SMILES string of the molecule is C=C/C=C(C)\C(=C/C=C)c1cc(N)c2c(c1)/C=C(/NC(=N)C1CC1)CC/C=C\2. The van der Waals surface area contributed by atoms with E-state index in [0.29, 0.717) is 11.8 Å². The molecule has 0 radical (unpaired) electrons. The Morgan fingerprint density at radius 3 is 2.64 bits per heavy atom. The first kappa shape index (κ1) is 19.7. The Bertz CT molecular complexity index is 921. The van der Waals surface area contributed by atoms with E-state index in [0.717, 1.165) is 64.9 Å². The van der Waals surface area contributed by atoms with Crippen LogP contribution in [0.1, 0.15) is 49.3 Å². The number of nitrogens with one attached hydrogen (secondary N) is 2. The molecule has 1 saturated carbocycles. The molecule has 0 aromatic heterocycles. The molecule has 2 aliphatic rings. The number of hydrogen-bond donors (Lipinski definition) is 3. The first-order chi connectivity index (χ1) is 13.5. The maximum absolute atomic E-state index is 8.23. The predicted molar refractivity (Wildman–Crippen MR) is 123 cm³/mol. The topological polar surface area (TPSA) is 61.9 Å². The molecule has 3 heteroatoms. The molecule has 0 aliphatic heterocycles. The third-order valence-electron chi connectivity index (χ3n) is 5.11. The van der Waals surface area contributed by atoms with E-state index in [9.17, 15) is 0 Å². The minimum Gasteiger partial charge on any atom is -0.398 e. The van der Waals surface area contributed by atoms with Gasteiger partial charge in [0.05, 0.1) is 0 Å². The smallest absolute Gasteiger partial charge is 0.100 e. The van der Waals surface area contributed by atoms with Crippen molar-refractivity contribution in [1.29, 1.82) is 5.41 Å². The van der Waals surface area contributed by atoms with Crippen molar-refractivity contribution in [3.63, 3.8) is 0 Å². The van der Waals surface area contributed by atoms with E-state index in [2.05, 4.69) is 49.7 Å².